The van der Waals surface area contributed by atoms with Crippen LogP contribution in [0.3, 0.4) is 0 Å². The number of ether oxygens (including phenoxy) is 1. The van der Waals surface area contributed by atoms with E-state index >= 15 is 0 Å². The minimum atomic E-state index is -0.373. The molecule has 0 saturated carbocycles. The fourth-order valence-corrected chi connectivity index (χ4v) is 2.11. The van der Waals surface area contributed by atoms with E-state index in [1.165, 1.54) is 13.2 Å². The summed E-state index contributed by atoms with van der Waals surface area (Å²) in [5.41, 5.74) is 1.50. The van der Waals surface area contributed by atoms with Crippen molar-refractivity contribution in [2.24, 2.45) is 0 Å². The van der Waals surface area contributed by atoms with Gasteiger partial charge in [0.25, 0.3) is 0 Å². The number of carbonyl (C=O) groups is 2. The molecule has 0 fully saturated rings. The Morgan fingerprint density at radius 2 is 2.00 bits per heavy atom. The fraction of sp³-hybridized carbons (Fsp3) is 0.471. The van der Waals surface area contributed by atoms with E-state index in [0.29, 0.717) is 24.8 Å². The maximum Gasteiger partial charge on any atom is 0.330 e. The Balaban J connectivity index is 0.00000211. The van der Waals surface area contributed by atoms with Crippen molar-refractivity contribution in [1.82, 2.24) is 4.98 Å². The average Bonchev–Trinajstić information content (AvgIpc) is 2.55. The average molecular weight is 370 g/mol. The molecule has 0 N–H and O–H groups in total. The SMILES string of the molecule is CC.CCc1nc(Br)ccc1C(=O)CCC/C=C/C(=O)OC. The lowest BCUT2D eigenvalue weighted by Gasteiger charge is -2.06. The van der Waals surface area contributed by atoms with Gasteiger partial charge < -0.3 is 4.74 Å². The Kier molecular flexibility index (Phi) is 11.3. The molecule has 0 aliphatic heterocycles. The van der Waals surface area contributed by atoms with Crippen LogP contribution in [-0.4, -0.2) is 23.8 Å². The molecule has 1 rings (SSSR count). The number of pyridine rings is 1. The third-order valence-corrected chi connectivity index (χ3v) is 3.25. The number of halogens is 1. The van der Waals surface area contributed by atoms with Crippen LogP contribution in [0.25, 0.3) is 0 Å². The summed E-state index contributed by atoms with van der Waals surface area (Å²) in [6.45, 7) is 5.98. The topological polar surface area (TPSA) is 56.3 Å². The number of nitrogens with zero attached hydrogens (tertiary/aromatic N) is 1. The highest BCUT2D eigenvalue weighted by atomic mass is 79.9. The zero-order valence-corrected chi connectivity index (χ0v) is 15.3. The highest BCUT2D eigenvalue weighted by Gasteiger charge is 2.11. The molecule has 0 bridgehead atoms. The molecule has 0 atom stereocenters. The maximum absolute atomic E-state index is 12.1. The molecule has 1 heterocycles. The molecule has 0 aliphatic rings. The molecule has 0 radical (unpaired) electrons. The zero-order chi connectivity index (χ0) is 17.0. The van der Waals surface area contributed by atoms with Gasteiger partial charge in [-0.15, -0.1) is 0 Å². The number of aromatic nitrogens is 1. The second-order valence-corrected chi connectivity index (χ2v) is 5.04. The van der Waals surface area contributed by atoms with Crippen molar-refractivity contribution in [3.05, 3.63) is 40.1 Å². The first-order chi connectivity index (χ1) is 10.6. The van der Waals surface area contributed by atoms with E-state index in [1.54, 1.807) is 12.1 Å². The summed E-state index contributed by atoms with van der Waals surface area (Å²) in [6, 6.07) is 3.59. The van der Waals surface area contributed by atoms with Gasteiger partial charge in [-0.05, 0) is 47.3 Å². The summed E-state index contributed by atoms with van der Waals surface area (Å²) < 4.78 is 5.23. The van der Waals surface area contributed by atoms with Gasteiger partial charge in [0.2, 0.25) is 0 Å². The number of allylic oxidation sites excluding steroid dienone is 1. The minimum Gasteiger partial charge on any atom is -0.466 e. The lowest BCUT2D eigenvalue weighted by Crippen LogP contribution is -2.05. The molecule has 4 nitrogen and oxygen atoms in total. The number of Topliss-reactive ketones (excluding diaryl/α,β-unsaturated/α-hetero) is 1. The number of aryl methyl sites for hydroxylation is 1. The van der Waals surface area contributed by atoms with Gasteiger partial charge in [0, 0.05) is 18.1 Å². The van der Waals surface area contributed by atoms with Crippen LogP contribution in [0.4, 0.5) is 0 Å². The number of hydrogen-bond acceptors (Lipinski definition) is 4. The first-order valence-electron chi connectivity index (χ1n) is 7.51. The molecule has 0 unspecified atom stereocenters. The van der Waals surface area contributed by atoms with Crippen molar-refractivity contribution < 1.29 is 14.3 Å². The van der Waals surface area contributed by atoms with Crippen molar-refractivity contribution in [3.8, 4) is 0 Å². The molecular formula is C17H24BrNO3. The Bertz CT molecular complexity index is 513. The summed E-state index contributed by atoms with van der Waals surface area (Å²) >= 11 is 3.30. The molecule has 1 aromatic rings. The molecule has 0 aromatic carbocycles. The van der Waals surface area contributed by atoms with Gasteiger partial charge in [0.15, 0.2) is 5.78 Å². The van der Waals surface area contributed by atoms with Crippen molar-refractivity contribution in [2.45, 2.75) is 46.5 Å². The zero-order valence-electron chi connectivity index (χ0n) is 13.7. The predicted octanol–water partition coefficient (Wildman–Crippen LogP) is 4.51. The summed E-state index contributed by atoms with van der Waals surface area (Å²) in [5.74, 6) is -0.282. The summed E-state index contributed by atoms with van der Waals surface area (Å²) in [5, 5.41) is 0. The Morgan fingerprint density at radius 1 is 1.32 bits per heavy atom. The molecular weight excluding hydrogens is 346 g/mol. The van der Waals surface area contributed by atoms with Crippen LogP contribution in [0.5, 0.6) is 0 Å². The first-order valence-corrected chi connectivity index (χ1v) is 8.30. The van der Waals surface area contributed by atoms with E-state index < -0.39 is 0 Å². The Hall–Kier alpha value is -1.49. The van der Waals surface area contributed by atoms with E-state index in [9.17, 15) is 9.59 Å². The summed E-state index contributed by atoms with van der Waals surface area (Å²) in [7, 11) is 1.34. The molecule has 1 aromatic heterocycles. The van der Waals surface area contributed by atoms with Crippen molar-refractivity contribution in [1.29, 1.82) is 0 Å². The molecule has 122 valence electrons. The Labute approximate surface area is 141 Å². The van der Waals surface area contributed by atoms with Crippen LogP contribution in [0.2, 0.25) is 0 Å². The van der Waals surface area contributed by atoms with E-state index in [-0.39, 0.29) is 11.8 Å². The van der Waals surface area contributed by atoms with Gasteiger partial charge in [0.05, 0.1) is 12.8 Å². The van der Waals surface area contributed by atoms with Crippen LogP contribution in [0.15, 0.2) is 28.9 Å². The number of unbranched alkanes of at least 4 members (excludes halogenated alkanes) is 1. The number of carbonyl (C=O) groups excluding carboxylic acids is 2. The first kappa shape index (κ1) is 20.5. The number of esters is 1. The van der Waals surface area contributed by atoms with Gasteiger partial charge in [-0.25, -0.2) is 9.78 Å². The second-order valence-electron chi connectivity index (χ2n) is 4.22. The number of rotatable bonds is 7. The molecule has 0 amide bonds. The van der Waals surface area contributed by atoms with E-state index in [1.807, 2.05) is 26.8 Å². The second kappa shape index (κ2) is 12.1. The molecule has 0 aliphatic carbocycles. The van der Waals surface area contributed by atoms with E-state index in [4.69, 9.17) is 0 Å². The monoisotopic (exact) mass is 369 g/mol. The van der Waals surface area contributed by atoms with Crippen molar-refractivity contribution in [2.75, 3.05) is 7.11 Å². The lowest BCUT2D eigenvalue weighted by molar-refractivity contribution is -0.134. The van der Waals surface area contributed by atoms with Gasteiger partial charge in [-0.3, -0.25) is 4.79 Å². The largest absolute Gasteiger partial charge is 0.466 e. The molecule has 0 saturated heterocycles. The fourth-order valence-electron chi connectivity index (χ4n) is 1.76. The van der Waals surface area contributed by atoms with Gasteiger partial charge in [0.1, 0.15) is 4.60 Å². The minimum absolute atomic E-state index is 0.0910. The Morgan fingerprint density at radius 3 is 2.59 bits per heavy atom. The van der Waals surface area contributed by atoms with Crippen LogP contribution in [0, 0.1) is 0 Å². The van der Waals surface area contributed by atoms with Crippen molar-refractivity contribution in [3.63, 3.8) is 0 Å². The van der Waals surface area contributed by atoms with E-state index in [2.05, 4.69) is 25.7 Å². The van der Waals surface area contributed by atoms with Crippen molar-refractivity contribution >= 4 is 27.7 Å². The van der Waals surface area contributed by atoms with Crippen LogP contribution >= 0.6 is 15.9 Å². The maximum atomic E-state index is 12.1. The third-order valence-electron chi connectivity index (χ3n) is 2.81. The third kappa shape index (κ3) is 7.50. The summed E-state index contributed by atoms with van der Waals surface area (Å²) in [6.07, 6.45) is 5.64. The van der Waals surface area contributed by atoms with E-state index in [0.717, 1.165) is 16.7 Å². The molecule has 22 heavy (non-hydrogen) atoms. The molecule has 0 spiro atoms. The van der Waals surface area contributed by atoms with Crippen LogP contribution in [0.1, 0.15) is 56.1 Å². The number of hydrogen-bond donors (Lipinski definition) is 0. The van der Waals surface area contributed by atoms with Gasteiger partial charge >= 0.3 is 5.97 Å². The summed E-state index contributed by atoms with van der Waals surface area (Å²) in [4.78, 5) is 27.3. The lowest BCUT2D eigenvalue weighted by atomic mass is 10.0. The smallest absolute Gasteiger partial charge is 0.330 e. The van der Waals surface area contributed by atoms with Crippen LogP contribution < -0.4 is 0 Å². The standard InChI is InChI=1S/C15H18BrNO3.C2H6/c1-3-12-11(9-10-14(16)17-12)13(18)7-5-4-6-8-15(19)20-2;1-2/h6,8-10H,3-5,7H2,1-2H3;1-2H3/b8-6+;. The van der Waals surface area contributed by atoms with Crippen LogP contribution in [-0.2, 0) is 16.0 Å². The normalized spacial score (nSPS) is 10.0. The predicted molar refractivity (Wildman–Crippen MR) is 92.0 cm³/mol. The quantitative estimate of drug-likeness (QED) is 0.233. The molecule has 5 heteroatoms. The highest BCUT2D eigenvalue weighted by Crippen LogP contribution is 2.16. The number of methoxy groups -OCH3 is 1. The highest BCUT2D eigenvalue weighted by molar-refractivity contribution is 9.10. The van der Waals surface area contributed by atoms with Gasteiger partial charge in [-0.2, -0.15) is 0 Å². The number of ketones is 1. The van der Waals surface area contributed by atoms with Gasteiger partial charge in [-0.1, -0.05) is 26.8 Å².